The summed E-state index contributed by atoms with van der Waals surface area (Å²) in [5.74, 6) is -0.818. The largest absolute Gasteiger partial charge is 0.345 e. The summed E-state index contributed by atoms with van der Waals surface area (Å²) in [6.45, 7) is 4.48. The Morgan fingerprint density at radius 1 is 1.19 bits per heavy atom. The van der Waals surface area contributed by atoms with E-state index in [1.807, 2.05) is 13.8 Å². The van der Waals surface area contributed by atoms with E-state index < -0.39 is 17.9 Å². The first-order chi connectivity index (χ1) is 10.1. The second-order valence-electron chi connectivity index (χ2n) is 4.20. The van der Waals surface area contributed by atoms with Crippen LogP contribution in [0.1, 0.15) is 37.4 Å². The average Bonchev–Trinajstić information content (AvgIpc) is 2.90. The van der Waals surface area contributed by atoms with Gasteiger partial charge in [-0.25, -0.2) is 8.78 Å². The Labute approximate surface area is 120 Å². The lowest BCUT2D eigenvalue weighted by Crippen LogP contribution is -2.09. The van der Waals surface area contributed by atoms with E-state index in [0.29, 0.717) is 13.2 Å². The summed E-state index contributed by atoms with van der Waals surface area (Å²) in [6.07, 6.45) is -0.639. The number of hydrogen-bond donors (Lipinski definition) is 0. The first-order valence-electron chi connectivity index (χ1n) is 6.63. The Balaban J connectivity index is 2.11. The van der Waals surface area contributed by atoms with E-state index in [4.69, 9.17) is 14.0 Å². The van der Waals surface area contributed by atoms with E-state index in [0.717, 1.165) is 6.07 Å². The van der Waals surface area contributed by atoms with Gasteiger partial charge in [0.15, 0.2) is 5.82 Å². The summed E-state index contributed by atoms with van der Waals surface area (Å²) >= 11 is 0. The van der Waals surface area contributed by atoms with E-state index in [-0.39, 0.29) is 23.7 Å². The van der Waals surface area contributed by atoms with Crippen LogP contribution in [0.3, 0.4) is 0 Å². The molecule has 2 rings (SSSR count). The van der Waals surface area contributed by atoms with Gasteiger partial charge in [-0.2, -0.15) is 4.98 Å². The van der Waals surface area contributed by atoms with Crippen molar-refractivity contribution in [1.29, 1.82) is 0 Å². The molecular weight excluding hydrogens is 282 g/mol. The fraction of sp³-hybridized carbons (Fsp3) is 0.429. The zero-order valence-corrected chi connectivity index (χ0v) is 11.8. The van der Waals surface area contributed by atoms with Crippen LogP contribution >= 0.6 is 0 Å². The molecule has 1 heterocycles. The van der Waals surface area contributed by atoms with Crippen molar-refractivity contribution >= 4 is 0 Å². The maximum absolute atomic E-state index is 13.6. The molecule has 1 aromatic carbocycles. The highest BCUT2D eigenvalue weighted by Gasteiger charge is 2.20. The van der Waals surface area contributed by atoms with Gasteiger partial charge in [-0.05, 0) is 25.5 Å². The molecule has 0 aliphatic heterocycles. The minimum Gasteiger partial charge on any atom is -0.345 e. The summed E-state index contributed by atoms with van der Waals surface area (Å²) in [5, 5.41) is 3.75. The van der Waals surface area contributed by atoms with Crippen LogP contribution in [0.5, 0.6) is 0 Å². The molecule has 0 amide bonds. The zero-order valence-electron chi connectivity index (χ0n) is 11.8. The lowest BCUT2D eigenvalue weighted by Gasteiger charge is -2.11. The fourth-order valence-electron chi connectivity index (χ4n) is 1.76. The molecule has 0 bridgehead atoms. The molecule has 21 heavy (non-hydrogen) atoms. The number of rotatable bonds is 7. The average molecular weight is 298 g/mol. The quantitative estimate of drug-likeness (QED) is 0.735. The molecular formula is C14H16F2N2O3. The summed E-state index contributed by atoms with van der Waals surface area (Å²) in [7, 11) is 0. The van der Waals surface area contributed by atoms with Gasteiger partial charge in [0.1, 0.15) is 11.6 Å². The predicted molar refractivity (Wildman–Crippen MR) is 69.5 cm³/mol. The lowest BCUT2D eigenvalue weighted by atomic mass is 10.1. The van der Waals surface area contributed by atoms with E-state index in [1.54, 1.807) is 0 Å². The van der Waals surface area contributed by atoms with Gasteiger partial charge in [0.25, 0.3) is 5.89 Å². The van der Waals surface area contributed by atoms with Crippen LogP contribution in [-0.2, 0) is 15.9 Å². The predicted octanol–water partition coefficient (Wildman–Crippen LogP) is 3.01. The molecule has 0 aliphatic rings. The van der Waals surface area contributed by atoms with E-state index in [1.165, 1.54) is 12.1 Å². The summed E-state index contributed by atoms with van der Waals surface area (Å²) in [6, 6.07) is 3.35. The van der Waals surface area contributed by atoms with E-state index in [9.17, 15) is 8.78 Å². The molecule has 114 valence electrons. The van der Waals surface area contributed by atoms with Gasteiger partial charge in [-0.15, -0.1) is 0 Å². The van der Waals surface area contributed by atoms with Crippen molar-refractivity contribution < 1.29 is 22.8 Å². The molecule has 0 fully saturated rings. The molecule has 0 N–H and O–H groups in total. The third kappa shape index (κ3) is 4.05. The summed E-state index contributed by atoms with van der Waals surface area (Å²) in [4.78, 5) is 4.12. The number of halogens is 2. The van der Waals surface area contributed by atoms with Crippen LogP contribution in [0.25, 0.3) is 0 Å². The van der Waals surface area contributed by atoms with Gasteiger partial charge in [0, 0.05) is 25.7 Å². The van der Waals surface area contributed by atoms with Crippen LogP contribution in [0, 0.1) is 11.6 Å². The molecule has 0 saturated carbocycles. The molecule has 5 nitrogen and oxygen atoms in total. The first kappa shape index (κ1) is 15.5. The van der Waals surface area contributed by atoms with Gasteiger partial charge in [0.2, 0.25) is 6.29 Å². The SMILES string of the molecule is CCOC(OCC)c1nc(Cc2ccc(F)cc2F)no1. The molecule has 0 aliphatic carbocycles. The maximum atomic E-state index is 13.6. The highest BCUT2D eigenvalue weighted by molar-refractivity contribution is 5.21. The van der Waals surface area contributed by atoms with Crippen molar-refractivity contribution in [3.63, 3.8) is 0 Å². The number of ether oxygens (including phenoxy) is 2. The number of aromatic nitrogens is 2. The second-order valence-corrected chi connectivity index (χ2v) is 4.20. The third-order valence-electron chi connectivity index (χ3n) is 2.69. The summed E-state index contributed by atoms with van der Waals surface area (Å²) in [5.41, 5.74) is 0.285. The van der Waals surface area contributed by atoms with Gasteiger partial charge in [0.05, 0.1) is 0 Å². The smallest absolute Gasteiger partial charge is 0.283 e. The van der Waals surface area contributed by atoms with Crippen molar-refractivity contribution in [3.8, 4) is 0 Å². The number of hydrogen-bond acceptors (Lipinski definition) is 5. The highest BCUT2D eigenvalue weighted by Crippen LogP contribution is 2.19. The third-order valence-corrected chi connectivity index (χ3v) is 2.69. The van der Waals surface area contributed by atoms with Gasteiger partial charge in [-0.3, -0.25) is 0 Å². The van der Waals surface area contributed by atoms with E-state index in [2.05, 4.69) is 10.1 Å². The van der Waals surface area contributed by atoms with Crippen LogP contribution in [0.15, 0.2) is 22.7 Å². The van der Waals surface area contributed by atoms with Crippen LogP contribution in [0.2, 0.25) is 0 Å². The zero-order chi connectivity index (χ0) is 15.2. The van der Waals surface area contributed by atoms with Crippen molar-refractivity contribution in [2.24, 2.45) is 0 Å². The minimum atomic E-state index is -0.737. The van der Waals surface area contributed by atoms with Crippen LogP contribution in [0.4, 0.5) is 8.78 Å². The van der Waals surface area contributed by atoms with Crippen LogP contribution < -0.4 is 0 Å². The van der Waals surface area contributed by atoms with Crippen molar-refractivity contribution in [1.82, 2.24) is 10.1 Å². The normalized spacial score (nSPS) is 11.3. The Bertz CT molecular complexity index is 583. The lowest BCUT2D eigenvalue weighted by molar-refractivity contribution is -0.155. The molecule has 0 radical (unpaired) electrons. The molecule has 2 aromatic rings. The molecule has 0 saturated heterocycles. The Hall–Kier alpha value is -1.86. The molecule has 1 aromatic heterocycles. The standard InChI is InChI=1S/C14H16F2N2O3/c1-3-19-14(20-4-2)13-17-12(18-21-13)7-9-5-6-10(15)8-11(9)16/h5-6,8,14H,3-4,7H2,1-2H3. The number of nitrogens with zero attached hydrogens (tertiary/aromatic N) is 2. The monoisotopic (exact) mass is 298 g/mol. The molecule has 0 atom stereocenters. The Morgan fingerprint density at radius 2 is 1.90 bits per heavy atom. The maximum Gasteiger partial charge on any atom is 0.283 e. The van der Waals surface area contributed by atoms with Crippen molar-refractivity contribution in [2.45, 2.75) is 26.6 Å². The van der Waals surface area contributed by atoms with Crippen LogP contribution in [-0.4, -0.2) is 23.4 Å². The first-order valence-corrected chi connectivity index (χ1v) is 6.63. The Kier molecular flexibility index (Phi) is 5.35. The molecule has 0 unspecified atom stereocenters. The Morgan fingerprint density at radius 3 is 2.52 bits per heavy atom. The van der Waals surface area contributed by atoms with Gasteiger partial charge >= 0.3 is 0 Å². The minimum absolute atomic E-state index is 0.0978. The molecule has 0 spiro atoms. The van der Waals surface area contributed by atoms with Gasteiger partial charge < -0.3 is 14.0 Å². The fourth-order valence-corrected chi connectivity index (χ4v) is 1.76. The van der Waals surface area contributed by atoms with E-state index >= 15 is 0 Å². The summed E-state index contributed by atoms with van der Waals surface area (Å²) < 4.78 is 42.1. The van der Waals surface area contributed by atoms with Gasteiger partial charge in [-0.1, -0.05) is 11.2 Å². The van der Waals surface area contributed by atoms with Crippen molar-refractivity contribution in [2.75, 3.05) is 13.2 Å². The topological polar surface area (TPSA) is 57.4 Å². The highest BCUT2D eigenvalue weighted by atomic mass is 19.1. The second kappa shape index (κ2) is 7.24. The molecule has 7 heteroatoms. The number of benzene rings is 1. The van der Waals surface area contributed by atoms with Crippen molar-refractivity contribution in [3.05, 3.63) is 47.1 Å².